The Balaban J connectivity index is 1.40. The molecule has 1 saturated heterocycles. The van der Waals surface area contributed by atoms with E-state index in [1.54, 1.807) is 18.2 Å². The first-order chi connectivity index (χ1) is 9.60. The highest BCUT2D eigenvalue weighted by atomic mass is 35.5. The Kier molecular flexibility index (Phi) is 3.71. The fourth-order valence-corrected chi connectivity index (χ4v) is 3.46. The monoisotopic (exact) mass is 295 g/mol. The molecule has 0 unspecified atom stereocenters. The van der Waals surface area contributed by atoms with Crippen LogP contribution in [-0.2, 0) is 0 Å². The molecule has 2 aliphatic rings. The van der Waals surface area contributed by atoms with E-state index in [1.807, 2.05) is 0 Å². The van der Waals surface area contributed by atoms with Gasteiger partial charge in [-0.1, -0.05) is 11.6 Å². The highest BCUT2D eigenvalue weighted by Crippen LogP contribution is 2.47. The highest BCUT2D eigenvalue weighted by molar-refractivity contribution is 6.33. The molecule has 0 atom stereocenters. The lowest BCUT2D eigenvalue weighted by atomic mass is 9.62. The number of rotatable bonds is 5. The molecule has 1 aliphatic carbocycles. The molecule has 5 heteroatoms. The van der Waals surface area contributed by atoms with Crippen LogP contribution in [0, 0.1) is 5.41 Å². The molecule has 1 heterocycles. The van der Waals surface area contributed by atoms with Crippen molar-refractivity contribution in [2.45, 2.75) is 18.9 Å². The third kappa shape index (κ3) is 2.68. The predicted octanol–water partition coefficient (Wildman–Crippen LogP) is 1.99. The average Bonchev–Trinajstić information content (AvgIpc) is 2.34. The molecule has 0 radical (unpaired) electrons. The lowest BCUT2D eigenvalue weighted by Crippen LogP contribution is -2.64. The smallest absolute Gasteiger partial charge is 0.151 e. The normalized spacial score (nSPS) is 21.3. The number of benzene rings is 1. The van der Waals surface area contributed by atoms with Crippen molar-refractivity contribution in [3.8, 4) is 5.75 Å². The van der Waals surface area contributed by atoms with Gasteiger partial charge in [-0.15, -0.1) is 0 Å². The van der Waals surface area contributed by atoms with Gasteiger partial charge >= 0.3 is 0 Å². The molecule has 1 aromatic carbocycles. The summed E-state index contributed by atoms with van der Waals surface area (Å²) in [7, 11) is 0. The molecule has 0 bridgehead atoms. The van der Waals surface area contributed by atoms with E-state index < -0.39 is 0 Å². The number of hydrogen-bond acceptors (Lipinski definition) is 4. The van der Waals surface area contributed by atoms with Crippen LogP contribution in [0.15, 0.2) is 18.2 Å². The van der Waals surface area contributed by atoms with Crippen molar-refractivity contribution in [3.05, 3.63) is 28.8 Å². The number of aliphatic hydroxyl groups is 1. The number of aldehydes is 1. The minimum atomic E-state index is -0.0770. The molecular formula is C15H18ClNO3. The second-order valence-electron chi connectivity index (χ2n) is 5.92. The van der Waals surface area contributed by atoms with E-state index in [1.165, 1.54) is 0 Å². The zero-order valence-electron chi connectivity index (χ0n) is 11.2. The maximum atomic E-state index is 10.7. The van der Waals surface area contributed by atoms with Gasteiger partial charge in [0.05, 0.1) is 11.1 Å². The number of hydrogen-bond donors (Lipinski definition) is 1. The summed E-state index contributed by atoms with van der Waals surface area (Å²) in [5, 5.41) is 9.77. The molecule has 0 aromatic heterocycles. The van der Waals surface area contributed by atoms with Crippen LogP contribution in [0.1, 0.15) is 23.2 Å². The summed E-state index contributed by atoms with van der Waals surface area (Å²) in [5.41, 5.74) is 0.876. The maximum Gasteiger partial charge on any atom is 0.151 e. The van der Waals surface area contributed by atoms with Gasteiger partial charge in [0.15, 0.2) is 6.29 Å². The van der Waals surface area contributed by atoms with E-state index in [-0.39, 0.29) is 6.10 Å². The van der Waals surface area contributed by atoms with E-state index in [4.69, 9.17) is 16.3 Å². The number of ether oxygens (including phenoxy) is 1. The molecule has 108 valence electrons. The lowest BCUT2D eigenvalue weighted by molar-refractivity contribution is -0.129. The van der Waals surface area contributed by atoms with Gasteiger partial charge in [0.2, 0.25) is 0 Å². The Labute approximate surface area is 123 Å². The summed E-state index contributed by atoms with van der Waals surface area (Å²) >= 11 is 5.94. The Morgan fingerprint density at radius 3 is 2.80 bits per heavy atom. The third-order valence-corrected chi connectivity index (χ3v) is 4.56. The van der Waals surface area contributed by atoms with Gasteiger partial charge in [0.25, 0.3) is 0 Å². The predicted molar refractivity (Wildman–Crippen MR) is 76.4 cm³/mol. The molecule has 1 aliphatic heterocycles. The van der Waals surface area contributed by atoms with E-state index in [9.17, 15) is 9.90 Å². The second kappa shape index (κ2) is 5.35. The van der Waals surface area contributed by atoms with Crippen LogP contribution in [0.25, 0.3) is 0 Å². The number of carbonyl (C=O) groups is 1. The molecule has 1 aromatic rings. The zero-order valence-corrected chi connectivity index (χ0v) is 12.0. The molecular weight excluding hydrogens is 278 g/mol. The van der Waals surface area contributed by atoms with Crippen molar-refractivity contribution in [1.82, 2.24) is 4.90 Å². The van der Waals surface area contributed by atoms with Gasteiger partial charge in [-0.05, 0) is 31.0 Å². The highest BCUT2D eigenvalue weighted by Gasteiger charge is 2.51. The number of halogens is 1. The number of carbonyl (C=O) groups excluding carboxylic acids is 1. The summed E-state index contributed by atoms with van der Waals surface area (Å²) in [4.78, 5) is 13.0. The summed E-state index contributed by atoms with van der Waals surface area (Å²) in [6.07, 6.45) is 2.56. The summed E-state index contributed by atoms with van der Waals surface area (Å²) in [5.74, 6) is 0.690. The van der Waals surface area contributed by atoms with Crippen LogP contribution >= 0.6 is 11.6 Å². The molecule has 1 saturated carbocycles. The van der Waals surface area contributed by atoms with Crippen molar-refractivity contribution in [2.24, 2.45) is 5.41 Å². The first-order valence-corrected chi connectivity index (χ1v) is 7.26. The zero-order chi connectivity index (χ0) is 14.2. The number of aliphatic hydroxyl groups excluding tert-OH is 1. The fraction of sp³-hybridized carbons (Fsp3) is 0.533. The Hall–Kier alpha value is -1.10. The Morgan fingerprint density at radius 2 is 2.20 bits per heavy atom. The first-order valence-electron chi connectivity index (χ1n) is 6.88. The van der Waals surface area contributed by atoms with Gasteiger partial charge in [0, 0.05) is 30.6 Å². The van der Waals surface area contributed by atoms with Gasteiger partial charge in [-0.2, -0.15) is 0 Å². The van der Waals surface area contributed by atoms with Crippen LogP contribution in [0.5, 0.6) is 5.75 Å². The van der Waals surface area contributed by atoms with E-state index >= 15 is 0 Å². The molecule has 4 nitrogen and oxygen atoms in total. The second-order valence-corrected chi connectivity index (χ2v) is 6.33. The SMILES string of the molecule is O=Cc1ccc(OCCN2CC3(CC(O)C3)C2)cc1Cl. The van der Waals surface area contributed by atoms with Crippen LogP contribution < -0.4 is 4.74 Å². The van der Waals surface area contributed by atoms with Gasteiger partial charge in [-0.3, -0.25) is 9.69 Å². The molecule has 3 rings (SSSR count). The van der Waals surface area contributed by atoms with Crippen LogP contribution in [0.2, 0.25) is 5.02 Å². The topological polar surface area (TPSA) is 49.8 Å². The van der Waals surface area contributed by atoms with Crippen LogP contribution in [0.4, 0.5) is 0 Å². The van der Waals surface area contributed by atoms with Gasteiger partial charge in [0.1, 0.15) is 12.4 Å². The van der Waals surface area contributed by atoms with Gasteiger partial charge in [-0.25, -0.2) is 0 Å². The lowest BCUT2D eigenvalue weighted by Gasteiger charge is -2.57. The Bertz CT molecular complexity index is 506. The van der Waals surface area contributed by atoms with Crippen molar-refractivity contribution in [3.63, 3.8) is 0 Å². The largest absolute Gasteiger partial charge is 0.492 e. The van der Waals surface area contributed by atoms with Crippen LogP contribution in [-0.4, -0.2) is 48.6 Å². The summed E-state index contributed by atoms with van der Waals surface area (Å²) < 4.78 is 5.64. The van der Waals surface area contributed by atoms with Gasteiger partial charge < -0.3 is 9.84 Å². The molecule has 1 spiro atoms. The number of nitrogens with zero attached hydrogens (tertiary/aromatic N) is 1. The molecule has 2 fully saturated rings. The quantitative estimate of drug-likeness (QED) is 0.844. The van der Waals surface area contributed by atoms with Crippen molar-refractivity contribution in [2.75, 3.05) is 26.2 Å². The molecule has 0 amide bonds. The van der Waals surface area contributed by atoms with Crippen molar-refractivity contribution >= 4 is 17.9 Å². The van der Waals surface area contributed by atoms with Crippen LogP contribution in [0.3, 0.4) is 0 Å². The van der Waals surface area contributed by atoms with Crippen molar-refractivity contribution in [1.29, 1.82) is 0 Å². The first kappa shape index (κ1) is 13.9. The third-order valence-electron chi connectivity index (χ3n) is 4.23. The van der Waals surface area contributed by atoms with Crippen molar-refractivity contribution < 1.29 is 14.6 Å². The van der Waals surface area contributed by atoms with E-state index in [0.717, 1.165) is 38.8 Å². The summed E-state index contributed by atoms with van der Waals surface area (Å²) in [6.45, 7) is 3.62. The summed E-state index contributed by atoms with van der Waals surface area (Å²) in [6, 6.07) is 5.10. The number of likely N-dealkylation sites (tertiary alicyclic amines) is 1. The fourth-order valence-electron chi connectivity index (χ4n) is 3.24. The molecule has 1 N–H and O–H groups in total. The standard InChI is InChI=1S/C15H18ClNO3/c16-14-5-13(2-1-11(14)8-18)20-4-3-17-9-15(10-17)6-12(19)7-15/h1-2,5,8,12,19H,3-4,6-7,9-10H2. The maximum absolute atomic E-state index is 10.7. The Morgan fingerprint density at radius 1 is 1.45 bits per heavy atom. The molecule has 20 heavy (non-hydrogen) atoms. The van der Waals surface area contributed by atoms with E-state index in [0.29, 0.717) is 28.4 Å². The minimum absolute atomic E-state index is 0.0770. The van der Waals surface area contributed by atoms with E-state index in [2.05, 4.69) is 4.90 Å². The average molecular weight is 296 g/mol. The minimum Gasteiger partial charge on any atom is -0.492 e.